The smallest absolute Gasteiger partial charge is 0.410 e. The lowest BCUT2D eigenvalue weighted by molar-refractivity contribution is 0.00580. The molecule has 2 rings (SSSR count). The van der Waals surface area contributed by atoms with E-state index in [2.05, 4.69) is 21.9 Å². The molecule has 0 aromatic carbocycles. The zero-order valence-corrected chi connectivity index (χ0v) is 16.8. The summed E-state index contributed by atoms with van der Waals surface area (Å²) >= 11 is 1.61. The number of hydrogen-bond donors (Lipinski definition) is 0. The van der Waals surface area contributed by atoms with Crippen molar-refractivity contribution in [3.05, 3.63) is 18.1 Å². The van der Waals surface area contributed by atoms with Crippen LogP contribution in [0.4, 0.5) is 4.79 Å². The van der Waals surface area contributed by atoms with Gasteiger partial charge in [0.1, 0.15) is 10.6 Å². The van der Waals surface area contributed by atoms with Gasteiger partial charge in [-0.2, -0.15) is 0 Å². The van der Waals surface area contributed by atoms with Crippen LogP contribution < -0.4 is 0 Å². The van der Waals surface area contributed by atoms with Gasteiger partial charge in [0.2, 0.25) is 0 Å². The molecule has 0 saturated carbocycles. The van der Waals surface area contributed by atoms with E-state index in [1.54, 1.807) is 24.2 Å². The van der Waals surface area contributed by atoms with Crippen LogP contribution in [0.1, 0.15) is 45.7 Å². The van der Waals surface area contributed by atoms with Crippen molar-refractivity contribution >= 4 is 17.9 Å². The van der Waals surface area contributed by atoms with Gasteiger partial charge in [0, 0.05) is 38.1 Å². The molecule has 0 aliphatic carbocycles. The first-order valence-electron chi connectivity index (χ1n) is 8.82. The molecular formula is C18H30N4O2S. The first-order chi connectivity index (χ1) is 11.8. The molecule has 6 nitrogen and oxygen atoms in total. The van der Waals surface area contributed by atoms with E-state index >= 15 is 0 Å². The summed E-state index contributed by atoms with van der Waals surface area (Å²) in [5, 5.41) is 0.960. The van der Waals surface area contributed by atoms with Crippen molar-refractivity contribution < 1.29 is 9.53 Å². The van der Waals surface area contributed by atoms with Crippen LogP contribution in [0.2, 0.25) is 0 Å². The highest BCUT2D eigenvalue weighted by molar-refractivity contribution is 7.98. The molecule has 1 aliphatic heterocycles. The van der Waals surface area contributed by atoms with Gasteiger partial charge in [0.25, 0.3) is 0 Å². The fourth-order valence-electron chi connectivity index (χ4n) is 3.06. The third-order valence-corrected chi connectivity index (χ3v) is 4.85. The fourth-order valence-corrected chi connectivity index (χ4v) is 3.58. The number of carbonyl (C=O) groups is 1. The zero-order chi connectivity index (χ0) is 18.4. The minimum absolute atomic E-state index is 0.183. The molecule has 0 bridgehead atoms. The van der Waals surface area contributed by atoms with Crippen LogP contribution in [-0.2, 0) is 11.3 Å². The second kappa shape index (κ2) is 8.85. The number of likely N-dealkylation sites (tertiary alicyclic amines) is 1. The maximum atomic E-state index is 12.5. The molecule has 25 heavy (non-hydrogen) atoms. The summed E-state index contributed by atoms with van der Waals surface area (Å²) in [7, 11) is 2.07. The molecule has 1 fully saturated rings. The molecule has 0 N–H and O–H groups in total. The monoisotopic (exact) mass is 366 g/mol. The Balaban J connectivity index is 1.99. The Morgan fingerprint density at radius 2 is 2.08 bits per heavy atom. The summed E-state index contributed by atoms with van der Waals surface area (Å²) in [5.41, 5.74) is 0.523. The summed E-state index contributed by atoms with van der Waals surface area (Å²) < 4.78 is 5.59. The predicted octanol–water partition coefficient (Wildman–Crippen LogP) is 3.42. The van der Waals surface area contributed by atoms with Gasteiger partial charge in [-0.3, -0.25) is 9.88 Å². The Kier molecular flexibility index (Phi) is 7.07. The van der Waals surface area contributed by atoms with Crippen molar-refractivity contribution in [2.24, 2.45) is 0 Å². The quantitative estimate of drug-likeness (QED) is 0.744. The van der Waals surface area contributed by atoms with Crippen molar-refractivity contribution in [1.29, 1.82) is 0 Å². The zero-order valence-electron chi connectivity index (χ0n) is 16.0. The Hall–Kier alpha value is -1.34. The predicted molar refractivity (Wildman–Crippen MR) is 101 cm³/mol. The standard InChI is InChI=1S/C18H30N4O2S/c1-18(2,3)24-17(23)22-11-7-6-8-14(22)12-21(4)13-15-16(25-5)20-10-9-19-15/h9-10,14H,6-8,11-13H2,1-5H3/t14-/m1/s1. The average Bonchev–Trinajstić information content (AvgIpc) is 2.54. The van der Waals surface area contributed by atoms with Gasteiger partial charge in [-0.05, 0) is 53.3 Å². The summed E-state index contributed by atoms with van der Waals surface area (Å²) in [6, 6.07) is 0.183. The molecular weight excluding hydrogens is 336 g/mol. The van der Waals surface area contributed by atoms with Crippen LogP contribution in [0.3, 0.4) is 0 Å². The van der Waals surface area contributed by atoms with Crippen molar-refractivity contribution in [2.75, 3.05) is 26.4 Å². The Bertz CT molecular complexity index is 576. The number of likely N-dealkylation sites (N-methyl/N-ethyl adjacent to an activating group) is 1. The van der Waals surface area contributed by atoms with Crippen molar-refractivity contribution in [3.63, 3.8) is 0 Å². The van der Waals surface area contributed by atoms with Crippen LogP contribution in [-0.4, -0.2) is 63.9 Å². The molecule has 7 heteroatoms. The number of ether oxygens (including phenoxy) is 1. The normalized spacial score (nSPS) is 18.5. The second-order valence-electron chi connectivity index (χ2n) is 7.53. The second-order valence-corrected chi connectivity index (χ2v) is 8.33. The molecule has 0 radical (unpaired) electrons. The van der Waals surface area contributed by atoms with Crippen LogP contribution in [0.15, 0.2) is 17.4 Å². The van der Waals surface area contributed by atoms with Crippen molar-refractivity contribution in [2.45, 2.75) is 63.2 Å². The molecule has 2 heterocycles. The van der Waals surface area contributed by atoms with Crippen LogP contribution in [0.5, 0.6) is 0 Å². The number of piperidine rings is 1. The molecule has 0 unspecified atom stereocenters. The number of rotatable bonds is 5. The number of hydrogen-bond acceptors (Lipinski definition) is 6. The van der Waals surface area contributed by atoms with Gasteiger partial charge in [-0.15, -0.1) is 11.8 Å². The Morgan fingerprint density at radius 1 is 1.36 bits per heavy atom. The van der Waals surface area contributed by atoms with Gasteiger partial charge < -0.3 is 9.64 Å². The number of carbonyl (C=O) groups excluding carboxylic acids is 1. The van der Waals surface area contributed by atoms with Gasteiger partial charge in [-0.1, -0.05) is 0 Å². The number of aromatic nitrogens is 2. The van der Waals surface area contributed by atoms with Gasteiger partial charge in [-0.25, -0.2) is 9.78 Å². The molecule has 1 aliphatic rings. The average molecular weight is 367 g/mol. The molecule has 1 saturated heterocycles. The van der Waals surface area contributed by atoms with Crippen LogP contribution >= 0.6 is 11.8 Å². The van der Waals surface area contributed by atoms with Gasteiger partial charge in [0.05, 0.1) is 5.69 Å². The molecule has 0 spiro atoms. The van der Waals surface area contributed by atoms with Crippen molar-refractivity contribution in [1.82, 2.24) is 19.8 Å². The summed E-state index contributed by atoms with van der Waals surface area (Å²) in [5.74, 6) is 0. The first-order valence-corrected chi connectivity index (χ1v) is 10.0. The van der Waals surface area contributed by atoms with E-state index in [1.807, 2.05) is 31.9 Å². The number of nitrogens with zero attached hydrogens (tertiary/aromatic N) is 4. The van der Waals surface area contributed by atoms with Crippen LogP contribution in [0, 0.1) is 0 Å². The Morgan fingerprint density at radius 3 is 2.76 bits per heavy atom. The lowest BCUT2D eigenvalue weighted by Crippen LogP contribution is -2.50. The minimum Gasteiger partial charge on any atom is -0.444 e. The fraction of sp³-hybridized carbons (Fsp3) is 0.722. The van der Waals surface area contributed by atoms with E-state index in [0.717, 1.165) is 49.6 Å². The summed E-state index contributed by atoms with van der Waals surface area (Å²) in [6.07, 6.45) is 8.48. The minimum atomic E-state index is -0.460. The third kappa shape index (κ3) is 6.15. The maximum Gasteiger partial charge on any atom is 0.410 e. The highest BCUT2D eigenvalue weighted by atomic mass is 32.2. The van der Waals surface area contributed by atoms with E-state index in [1.165, 1.54) is 0 Å². The maximum absolute atomic E-state index is 12.5. The molecule has 140 valence electrons. The lowest BCUT2D eigenvalue weighted by Gasteiger charge is -2.38. The van der Waals surface area contributed by atoms with E-state index in [0.29, 0.717) is 0 Å². The van der Waals surface area contributed by atoms with E-state index in [-0.39, 0.29) is 12.1 Å². The molecule has 1 amide bonds. The van der Waals surface area contributed by atoms with Gasteiger partial charge in [0.15, 0.2) is 0 Å². The van der Waals surface area contributed by atoms with E-state index in [9.17, 15) is 4.79 Å². The molecule has 1 aromatic rings. The summed E-state index contributed by atoms with van der Waals surface area (Å²) in [6.45, 7) is 8.04. The highest BCUT2D eigenvalue weighted by Gasteiger charge is 2.31. The molecule has 1 atom stereocenters. The summed E-state index contributed by atoms with van der Waals surface area (Å²) in [4.78, 5) is 25.5. The van der Waals surface area contributed by atoms with Crippen LogP contribution in [0.25, 0.3) is 0 Å². The van der Waals surface area contributed by atoms with E-state index < -0.39 is 5.60 Å². The lowest BCUT2D eigenvalue weighted by atomic mass is 10.0. The topological polar surface area (TPSA) is 58.6 Å². The highest BCUT2D eigenvalue weighted by Crippen LogP contribution is 2.22. The number of amides is 1. The number of thioether (sulfide) groups is 1. The Labute approximate surface area is 155 Å². The molecule has 1 aromatic heterocycles. The third-order valence-electron chi connectivity index (χ3n) is 4.13. The van der Waals surface area contributed by atoms with Gasteiger partial charge >= 0.3 is 6.09 Å². The largest absolute Gasteiger partial charge is 0.444 e. The SMILES string of the molecule is CSc1nccnc1CN(C)C[C@H]1CCCCN1C(=O)OC(C)(C)C. The van der Waals surface area contributed by atoms with E-state index in [4.69, 9.17) is 4.74 Å². The first kappa shape index (κ1) is 20.0. The van der Waals surface area contributed by atoms with Crippen molar-refractivity contribution in [3.8, 4) is 0 Å².